The zero-order valence-electron chi connectivity index (χ0n) is 16.8. The van der Waals surface area contributed by atoms with Crippen LogP contribution in [0.2, 0.25) is 0 Å². The first-order valence-electron chi connectivity index (χ1n) is 9.91. The van der Waals surface area contributed by atoms with Crippen LogP contribution in [0.5, 0.6) is 0 Å². The topological polar surface area (TPSA) is 111 Å². The normalized spacial score (nSPS) is 18.3. The summed E-state index contributed by atoms with van der Waals surface area (Å²) < 4.78 is 5.64. The van der Waals surface area contributed by atoms with Crippen LogP contribution in [-0.4, -0.2) is 54.0 Å². The monoisotopic (exact) mass is 413 g/mol. The van der Waals surface area contributed by atoms with Gasteiger partial charge < -0.3 is 9.42 Å². The first kappa shape index (κ1) is 19.0. The minimum absolute atomic E-state index is 0.0261. The van der Waals surface area contributed by atoms with Gasteiger partial charge in [0.15, 0.2) is 0 Å². The molecule has 5 rings (SSSR count). The number of hydrogen-bond donors (Lipinski definition) is 0. The molecule has 0 aromatic carbocycles. The van der Waals surface area contributed by atoms with Gasteiger partial charge in [0, 0.05) is 55.6 Å². The molecule has 1 amide bonds. The summed E-state index contributed by atoms with van der Waals surface area (Å²) >= 11 is 0. The van der Waals surface area contributed by atoms with Gasteiger partial charge in [0.1, 0.15) is 5.69 Å². The van der Waals surface area contributed by atoms with Crippen LogP contribution in [0, 0.1) is 6.92 Å². The molecule has 4 aromatic rings. The number of nitrogens with zero attached hydrogens (tertiary/aromatic N) is 7. The van der Waals surface area contributed by atoms with Crippen molar-refractivity contribution in [1.29, 1.82) is 0 Å². The molecule has 1 aliphatic heterocycles. The largest absolute Gasteiger partial charge is 0.339 e. The van der Waals surface area contributed by atoms with Crippen molar-refractivity contribution in [2.45, 2.75) is 18.8 Å². The lowest BCUT2D eigenvalue weighted by molar-refractivity contribution is 0.0781. The Bertz CT molecular complexity index is 1180. The van der Waals surface area contributed by atoms with Gasteiger partial charge in [-0.1, -0.05) is 11.2 Å². The number of rotatable bonds is 4. The van der Waals surface area contributed by atoms with Crippen molar-refractivity contribution in [2.24, 2.45) is 0 Å². The minimum atomic E-state index is -0.169. The van der Waals surface area contributed by atoms with E-state index in [0.29, 0.717) is 30.5 Å². The lowest BCUT2D eigenvalue weighted by Gasteiger charge is -2.15. The highest BCUT2D eigenvalue weighted by Gasteiger charge is 2.41. The van der Waals surface area contributed by atoms with E-state index < -0.39 is 0 Å². The van der Waals surface area contributed by atoms with Crippen LogP contribution in [0.3, 0.4) is 0 Å². The SMILES string of the molecule is Cc1cnc(C(=O)N2C[C@@H](c3cccnc3)[C@H](c3nc(-c4ccncc4)no3)C2)cn1. The van der Waals surface area contributed by atoms with Crippen molar-refractivity contribution in [3.8, 4) is 11.4 Å². The zero-order chi connectivity index (χ0) is 21.2. The van der Waals surface area contributed by atoms with E-state index in [1.807, 2.05) is 37.4 Å². The number of likely N-dealkylation sites (tertiary alicyclic amines) is 1. The Morgan fingerprint density at radius 1 is 1.00 bits per heavy atom. The summed E-state index contributed by atoms with van der Waals surface area (Å²) in [5.41, 5.74) is 2.92. The maximum Gasteiger partial charge on any atom is 0.274 e. The van der Waals surface area contributed by atoms with Gasteiger partial charge in [-0.25, -0.2) is 4.98 Å². The maximum absolute atomic E-state index is 13.1. The van der Waals surface area contributed by atoms with Crippen molar-refractivity contribution in [3.63, 3.8) is 0 Å². The minimum Gasteiger partial charge on any atom is -0.339 e. The standard InChI is InChI=1S/C22H19N7O2/c1-14-9-26-19(11-25-14)22(30)29-12-17(16-3-2-6-24-10-16)18(13-29)21-27-20(28-31-21)15-4-7-23-8-5-15/h2-11,17-18H,12-13H2,1H3/t17-,18+/m0/s1. The molecule has 0 bridgehead atoms. The van der Waals surface area contributed by atoms with Crippen molar-refractivity contribution in [3.05, 3.63) is 84.3 Å². The number of carbonyl (C=O) groups is 1. The van der Waals surface area contributed by atoms with Crippen LogP contribution >= 0.6 is 0 Å². The second-order valence-corrected chi connectivity index (χ2v) is 7.44. The van der Waals surface area contributed by atoms with E-state index in [9.17, 15) is 4.79 Å². The van der Waals surface area contributed by atoms with Gasteiger partial charge in [0.2, 0.25) is 11.7 Å². The molecule has 0 unspecified atom stereocenters. The Labute approximate surface area is 178 Å². The summed E-state index contributed by atoms with van der Waals surface area (Å²) in [6.45, 7) is 2.77. The molecule has 31 heavy (non-hydrogen) atoms. The number of aryl methyl sites for hydroxylation is 1. The highest BCUT2D eigenvalue weighted by atomic mass is 16.5. The van der Waals surface area contributed by atoms with E-state index in [1.54, 1.807) is 29.7 Å². The second-order valence-electron chi connectivity index (χ2n) is 7.44. The zero-order valence-corrected chi connectivity index (χ0v) is 16.8. The molecule has 4 aromatic heterocycles. The number of carbonyl (C=O) groups excluding carboxylic acids is 1. The lowest BCUT2D eigenvalue weighted by atomic mass is 9.90. The van der Waals surface area contributed by atoms with Crippen molar-refractivity contribution < 1.29 is 9.32 Å². The molecule has 1 aliphatic rings. The smallest absolute Gasteiger partial charge is 0.274 e. The Kier molecular flexibility index (Phi) is 4.91. The summed E-state index contributed by atoms with van der Waals surface area (Å²) in [7, 11) is 0. The van der Waals surface area contributed by atoms with Gasteiger partial charge in [-0.3, -0.25) is 19.7 Å². The Morgan fingerprint density at radius 2 is 1.84 bits per heavy atom. The fraction of sp³-hybridized carbons (Fsp3) is 0.227. The highest BCUT2D eigenvalue weighted by Crippen LogP contribution is 2.39. The predicted molar refractivity (Wildman–Crippen MR) is 110 cm³/mol. The molecule has 0 aliphatic carbocycles. The van der Waals surface area contributed by atoms with Crippen LogP contribution in [0.1, 0.15) is 39.5 Å². The second kappa shape index (κ2) is 8.02. The van der Waals surface area contributed by atoms with E-state index in [0.717, 1.165) is 16.8 Å². The third kappa shape index (κ3) is 3.77. The Hall–Kier alpha value is -4.01. The fourth-order valence-electron chi connectivity index (χ4n) is 3.82. The summed E-state index contributed by atoms with van der Waals surface area (Å²) in [5, 5.41) is 4.14. The average molecular weight is 413 g/mol. The average Bonchev–Trinajstić information content (AvgIpc) is 3.48. The van der Waals surface area contributed by atoms with E-state index in [2.05, 4.69) is 30.1 Å². The quantitative estimate of drug-likeness (QED) is 0.502. The molecule has 0 N–H and O–H groups in total. The van der Waals surface area contributed by atoms with Crippen LogP contribution in [0.25, 0.3) is 11.4 Å². The number of amides is 1. The predicted octanol–water partition coefficient (Wildman–Crippen LogP) is 2.65. The van der Waals surface area contributed by atoms with Crippen LogP contribution < -0.4 is 0 Å². The van der Waals surface area contributed by atoms with Crippen molar-refractivity contribution in [1.82, 2.24) is 35.0 Å². The molecule has 5 heterocycles. The van der Waals surface area contributed by atoms with Gasteiger partial charge in [0.25, 0.3) is 5.91 Å². The molecule has 1 saturated heterocycles. The van der Waals surface area contributed by atoms with Crippen LogP contribution in [0.4, 0.5) is 0 Å². The van der Waals surface area contributed by atoms with Crippen LogP contribution in [-0.2, 0) is 0 Å². The highest BCUT2D eigenvalue weighted by molar-refractivity contribution is 5.92. The molecule has 9 nitrogen and oxygen atoms in total. The van der Waals surface area contributed by atoms with Gasteiger partial charge in [0.05, 0.1) is 17.8 Å². The third-order valence-electron chi connectivity index (χ3n) is 5.42. The van der Waals surface area contributed by atoms with Gasteiger partial charge in [-0.15, -0.1) is 0 Å². The summed E-state index contributed by atoms with van der Waals surface area (Å²) in [6, 6.07) is 7.55. The van der Waals surface area contributed by atoms with Crippen LogP contribution in [0.15, 0.2) is 66.0 Å². The Balaban J connectivity index is 1.46. The lowest BCUT2D eigenvalue weighted by Crippen LogP contribution is -2.29. The van der Waals surface area contributed by atoms with Crippen molar-refractivity contribution in [2.75, 3.05) is 13.1 Å². The molecular formula is C22H19N7O2. The number of pyridine rings is 2. The molecule has 1 fully saturated rings. The number of hydrogen-bond acceptors (Lipinski definition) is 8. The maximum atomic E-state index is 13.1. The molecule has 0 radical (unpaired) electrons. The first-order valence-corrected chi connectivity index (χ1v) is 9.91. The fourth-order valence-corrected chi connectivity index (χ4v) is 3.82. The summed E-state index contributed by atoms with van der Waals surface area (Å²) in [5.74, 6) is 0.636. The van der Waals surface area contributed by atoms with E-state index in [4.69, 9.17) is 4.52 Å². The Morgan fingerprint density at radius 3 is 2.58 bits per heavy atom. The molecule has 9 heteroatoms. The van der Waals surface area contributed by atoms with Gasteiger partial charge in [-0.05, 0) is 30.7 Å². The van der Waals surface area contributed by atoms with E-state index in [-0.39, 0.29) is 17.7 Å². The van der Waals surface area contributed by atoms with Gasteiger partial charge in [-0.2, -0.15) is 4.98 Å². The molecule has 154 valence electrons. The molecule has 0 saturated carbocycles. The number of aromatic nitrogens is 6. The van der Waals surface area contributed by atoms with Crippen molar-refractivity contribution >= 4 is 5.91 Å². The molecule has 0 spiro atoms. The first-order chi connectivity index (χ1) is 15.2. The third-order valence-corrected chi connectivity index (χ3v) is 5.42. The summed E-state index contributed by atoms with van der Waals surface area (Å²) in [4.78, 5) is 36.2. The molecular weight excluding hydrogens is 394 g/mol. The van der Waals surface area contributed by atoms with E-state index >= 15 is 0 Å². The van der Waals surface area contributed by atoms with E-state index in [1.165, 1.54) is 6.20 Å². The van der Waals surface area contributed by atoms with Gasteiger partial charge >= 0.3 is 0 Å². The molecule has 2 atom stereocenters. The summed E-state index contributed by atoms with van der Waals surface area (Å²) in [6.07, 6.45) is 10.0.